The lowest BCUT2D eigenvalue weighted by atomic mass is 10.00. The fraction of sp³-hybridized carbons (Fsp3) is 0.0769. The number of benzene rings is 2. The molecule has 0 nitrogen and oxygen atoms in total. The van der Waals surface area contributed by atoms with E-state index in [-0.39, 0.29) is 16.1 Å². The second kappa shape index (κ2) is 5.21. The van der Waals surface area contributed by atoms with Gasteiger partial charge in [-0.2, -0.15) is 0 Å². The maximum absolute atomic E-state index is 13.0. The molecule has 2 aromatic carbocycles. The minimum atomic E-state index is -2.76. The van der Waals surface area contributed by atoms with Crippen LogP contribution in [0.25, 0.3) is 11.1 Å². The van der Waals surface area contributed by atoms with Crippen LogP contribution in [0.3, 0.4) is 0 Å². The molecule has 0 unspecified atom stereocenters. The van der Waals surface area contributed by atoms with E-state index in [1.807, 2.05) is 0 Å². The van der Waals surface area contributed by atoms with Crippen LogP contribution in [0.1, 0.15) is 12.0 Å². The van der Waals surface area contributed by atoms with Crippen LogP contribution in [0.5, 0.6) is 0 Å². The lowest BCUT2D eigenvalue weighted by molar-refractivity contribution is 0.151. The van der Waals surface area contributed by atoms with Gasteiger partial charge in [0.15, 0.2) is 0 Å². The first-order valence-electron chi connectivity index (χ1n) is 5.02. The van der Waals surface area contributed by atoms with Gasteiger partial charge in [-0.1, -0.05) is 35.3 Å². The average Bonchev–Trinajstić information content (AvgIpc) is 2.32. The van der Waals surface area contributed by atoms with Gasteiger partial charge in [0, 0.05) is 5.56 Å². The van der Waals surface area contributed by atoms with Crippen LogP contribution < -0.4 is 0 Å². The summed E-state index contributed by atoms with van der Waals surface area (Å²) in [5.74, 6) is -0.700. The number of hydrogen-bond donors (Lipinski definition) is 0. The first kappa shape index (κ1) is 13.2. The van der Waals surface area contributed by atoms with Crippen molar-refractivity contribution in [2.75, 3.05) is 0 Å². The summed E-state index contributed by atoms with van der Waals surface area (Å²) in [7, 11) is 0. The van der Waals surface area contributed by atoms with Crippen LogP contribution >= 0.6 is 23.2 Å². The molecule has 0 aliphatic rings. The van der Waals surface area contributed by atoms with Crippen molar-refractivity contribution in [2.45, 2.75) is 6.43 Å². The quantitative estimate of drug-likeness (QED) is 0.662. The molecular formula is C13H7Cl2F3. The highest BCUT2D eigenvalue weighted by atomic mass is 35.5. The van der Waals surface area contributed by atoms with Gasteiger partial charge < -0.3 is 0 Å². The van der Waals surface area contributed by atoms with Crippen molar-refractivity contribution in [2.24, 2.45) is 0 Å². The minimum Gasteiger partial charge on any atom is -0.207 e. The Morgan fingerprint density at radius 2 is 1.61 bits per heavy atom. The molecule has 5 heteroatoms. The van der Waals surface area contributed by atoms with Gasteiger partial charge in [-0.15, -0.1) is 0 Å². The normalized spacial score (nSPS) is 11.0. The second-order valence-electron chi connectivity index (χ2n) is 3.66. The molecule has 0 amide bonds. The first-order valence-corrected chi connectivity index (χ1v) is 5.77. The summed E-state index contributed by atoms with van der Waals surface area (Å²) in [5, 5.41) is 0.597. The maximum atomic E-state index is 13.0. The molecule has 0 saturated carbocycles. The zero-order valence-electron chi connectivity index (χ0n) is 8.93. The summed E-state index contributed by atoms with van der Waals surface area (Å²) in [6, 6.07) is 7.80. The van der Waals surface area contributed by atoms with Gasteiger partial charge in [0.25, 0.3) is 6.43 Å². The number of rotatable bonds is 2. The van der Waals surface area contributed by atoms with E-state index in [1.165, 1.54) is 18.2 Å². The van der Waals surface area contributed by atoms with Gasteiger partial charge in [0.2, 0.25) is 0 Å². The third-order valence-electron chi connectivity index (χ3n) is 2.48. The summed E-state index contributed by atoms with van der Waals surface area (Å²) in [4.78, 5) is 0. The van der Waals surface area contributed by atoms with Crippen LogP contribution in [0, 0.1) is 5.82 Å². The Hall–Kier alpha value is -1.19. The molecule has 0 aliphatic carbocycles. The van der Waals surface area contributed by atoms with Crippen molar-refractivity contribution < 1.29 is 13.2 Å². The van der Waals surface area contributed by atoms with Gasteiger partial charge >= 0.3 is 0 Å². The van der Waals surface area contributed by atoms with Crippen LogP contribution in [0.4, 0.5) is 13.2 Å². The Morgan fingerprint density at radius 1 is 0.889 bits per heavy atom. The molecule has 0 heterocycles. The van der Waals surface area contributed by atoms with E-state index < -0.39 is 12.2 Å². The smallest absolute Gasteiger partial charge is 0.207 e. The van der Waals surface area contributed by atoms with Gasteiger partial charge in [0.05, 0.1) is 10.0 Å². The fourth-order valence-electron chi connectivity index (χ4n) is 1.64. The van der Waals surface area contributed by atoms with E-state index in [9.17, 15) is 13.2 Å². The van der Waals surface area contributed by atoms with E-state index >= 15 is 0 Å². The van der Waals surface area contributed by atoms with Crippen molar-refractivity contribution in [1.29, 1.82) is 0 Å². The van der Waals surface area contributed by atoms with Crippen LogP contribution in [0.15, 0.2) is 36.4 Å². The summed E-state index contributed by atoms with van der Waals surface area (Å²) in [5.41, 5.74) is 0.345. The number of alkyl halides is 2. The average molecular weight is 291 g/mol. The molecular weight excluding hydrogens is 284 g/mol. The molecule has 0 saturated heterocycles. The Morgan fingerprint density at radius 3 is 2.22 bits per heavy atom. The Labute approximate surface area is 112 Å². The van der Waals surface area contributed by atoms with E-state index in [0.717, 1.165) is 12.1 Å². The Balaban J connectivity index is 2.59. The summed E-state index contributed by atoms with van der Waals surface area (Å²) in [6.07, 6.45) is -2.76. The molecule has 18 heavy (non-hydrogen) atoms. The predicted molar refractivity (Wildman–Crippen MR) is 66.8 cm³/mol. The van der Waals surface area contributed by atoms with Gasteiger partial charge in [-0.3, -0.25) is 0 Å². The molecule has 0 fully saturated rings. The van der Waals surface area contributed by atoms with Crippen molar-refractivity contribution >= 4 is 23.2 Å². The summed E-state index contributed by atoms with van der Waals surface area (Å²) >= 11 is 11.6. The molecule has 0 aliphatic heterocycles. The molecule has 94 valence electrons. The number of halogens is 5. The predicted octanol–water partition coefficient (Wildman–Crippen LogP) is 5.74. The number of hydrogen-bond acceptors (Lipinski definition) is 0. The molecule has 0 atom stereocenters. The highest BCUT2D eigenvalue weighted by Crippen LogP contribution is 2.34. The van der Waals surface area contributed by atoms with Gasteiger partial charge in [0.1, 0.15) is 5.82 Å². The molecule has 2 rings (SSSR count). The molecule has 0 spiro atoms. The first-order chi connectivity index (χ1) is 8.49. The van der Waals surface area contributed by atoms with Gasteiger partial charge in [-0.05, 0) is 35.4 Å². The van der Waals surface area contributed by atoms with Crippen molar-refractivity contribution in [1.82, 2.24) is 0 Å². The third kappa shape index (κ3) is 2.62. The standard InChI is InChI=1S/C13H7Cl2F3/c14-11-4-1-7(5-12(11)15)9-3-2-8(16)6-10(9)13(17)18/h1-6,13H. The van der Waals surface area contributed by atoms with E-state index in [4.69, 9.17) is 23.2 Å². The van der Waals surface area contributed by atoms with Crippen molar-refractivity contribution in [3.05, 3.63) is 57.8 Å². The van der Waals surface area contributed by atoms with E-state index in [1.54, 1.807) is 6.07 Å². The Kier molecular flexibility index (Phi) is 3.83. The topological polar surface area (TPSA) is 0 Å². The SMILES string of the molecule is Fc1ccc(-c2ccc(Cl)c(Cl)c2)c(C(F)F)c1. The molecule has 0 bridgehead atoms. The van der Waals surface area contributed by atoms with Crippen LogP contribution in [0.2, 0.25) is 10.0 Å². The zero-order valence-corrected chi connectivity index (χ0v) is 10.4. The lowest BCUT2D eigenvalue weighted by Crippen LogP contribution is -1.92. The summed E-state index contributed by atoms with van der Waals surface area (Å²) in [6.45, 7) is 0. The molecule has 2 aromatic rings. The molecule has 0 N–H and O–H groups in total. The van der Waals surface area contributed by atoms with Gasteiger partial charge in [-0.25, -0.2) is 13.2 Å². The van der Waals surface area contributed by atoms with Crippen LogP contribution in [-0.2, 0) is 0 Å². The maximum Gasteiger partial charge on any atom is 0.264 e. The monoisotopic (exact) mass is 290 g/mol. The lowest BCUT2D eigenvalue weighted by Gasteiger charge is -2.10. The van der Waals surface area contributed by atoms with Crippen LogP contribution in [-0.4, -0.2) is 0 Å². The van der Waals surface area contributed by atoms with Crippen molar-refractivity contribution in [3.63, 3.8) is 0 Å². The summed E-state index contributed by atoms with van der Waals surface area (Å²) < 4.78 is 38.7. The Bertz CT molecular complexity index is 582. The van der Waals surface area contributed by atoms with E-state index in [2.05, 4.69) is 0 Å². The third-order valence-corrected chi connectivity index (χ3v) is 3.22. The highest BCUT2D eigenvalue weighted by molar-refractivity contribution is 6.42. The fourth-order valence-corrected chi connectivity index (χ4v) is 1.94. The van der Waals surface area contributed by atoms with Crippen molar-refractivity contribution in [3.8, 4) is 11.1 Å². The zero-order chi connectivity index (χ0) is 13.3. The minimum absolute atomic E-state index is 0.241. The molecule has 0 aromatic heterocycles. The largest absolute Gasteiger partial charge is 0.264 e. The van der Waals surface area contributed by atoms with E-state index in [0.29, 0.717) is 10.6 Å². The highest BCUT2D eigenvalue weighted by Gasteiger charge is 2.15. The second-order valence-corrected chi connectivity index (χ2v) is 4.48. The molecule has 0 radical (unpaired) electrons.